The molecule has 0 aliphatic carbocycles. The molecule has 1 heterocycles. The van der Waals surface area contributed by atoms with Gasteiger partial charge in [-0.15, -0.1) is 0 Å². The van der Waals surface area contributed by atoms with E-state index in [2.05, 4.69) is 22.7 Å². The Balaban J connectivity index is 2.62. The number of carbonyl (C=O) groups is 2. The molecule has 2 N–H and O–H groups in total. The van der Waals surface area contributed by atoms with Crippen molar-refractivity contribution in [3.63, 3.8) is 0 Å². The van der Waals surface area contributed by atoms with Gasteiger partial charge in [-0.05, 0) is 19.8 Å². The van der Waals surface area contributed by atoms with Gasteiger partial charge in [-0.2, -0.15) is 5.10 Å². The molecule has 7 heteroatoms. The molecular formula is C16H28N4O3. The lowest BCUT2D eigenvalue weighted by atomic mass is 10.2. The van der Waals surface area contributed by atoms with Gasteiger partial charge in [0.05, 0.1) is 6.61 Å². The number of anilines is 1. The number of nitrogens with zero attached hydrogens (tertiary/aromatic N) is 2. The van der Waals surface area contributed by atoms with Crippen LogP contribution in [0.4, 0.5) is 10.6 Å². The summed E-state index contributed by atoms with van der Waals surface area (Å²) in [6.07, 6.45) is 6.85. The predicted octanol–water partition coefficient (Wildman–Crippen LogP) is 3.17. The first-order valence-corrected chi connectivity index (χ1v) is 8.41. The minimum Gasteiger partial charge on any atom is -0.462 e. The molecule has 0 unspecified atom stereocenters. The van der Waals surface area contributed by atoms with Crippen LogP contribution >= 0.6 is 0 Å². The van der Waals surface area contributed by atoms with Gasteiger partial charge in [0.25, 0.3) is 0 Å². The van der Waals surface area contributed by atoms with E-state index in [4.69, 9.17) is 4.74 Å². The quantitative estimate of drug-likeness (QED) is 0.511. The maximum atomic E-state index is 11.9. The number of unbranched alkanes of at least 4 members (excludes halogenated alkanes) is 3. The number of rotatable bonds is 10. The van der Waals surface area contributed by atoms with Gasteiger partial charge in [0, 0.05) is 19.3 Å². The molecule has 0 fully saturated rings. The van der Waals surface area contributed by atoms with Crippen LogP contribution in [0.2, 0.25) is 0 Å². The highest BCUT2D eigenvalue weighted by atomic mass is 16.5. The molecule has 0 radical (unpaired) electrons. The SMILES string of the molecule is CCCCCCNC(=O)Nc1nn(CCC)cc1C(=O)OCC. The van der Waals surface area contributed by atoms with Crippen molar-refractivity contribution in [2.75, 3.05) is 18.5 Å². The molecule has 1 aromatic heterocycles. The summed E-state index contributed by atoms with van der Waals surface area (Å²) in [6, 6.07) is -0.353. The van der Waals surface area contributed by atoms with Crippen LogP contribution in [0.3, 0.4) is 0 Å². The number of urea groups is 1. The largest absolute Gasteiger partial charge is 0.462 e. The second-order valence-corrected chi connectivity index (χ2v) is 5.32. The summed E-state index contributed by atoms with van der Waals surface area (Å²) in [7, 11) is 0. The number of aryl methyl sites for hydroxylation is 1. The lowest BCUT2D eigenvalue weighted by Gasteiger charge is -2.07. The fourth-order valence-electron chi connectivity index (χ4n) is 2.12. The molecule has 23 heavy (non-hydrogen) atoms. The molecule has 0 aromatic carbocycles. The summed E-state index contributed by atoms with van der Waals surface area (Å²) < 4.78 is 6.65. The van der Waals surface area contributed by atoms with Crippen LogP contribution in [-0.2, 0) is 11.3 Å². The maximum Gasteiger partial charge on any atom is 0.343 e. The molecule has 0 spiro atoms. The molecule has 1 aromatic rings. The van der Waals surface area contributed by atoms with E-state index in [1.54, 1.807) is 17.8 Å². The van der Waals surface area contributed by atoms with Crippen LogP contribution in [0.15, 0.2) is 6.20 Å². The van der Waals surface area contributed by atoms with Gasteiger partial charge in [0.1, 0.15) is 5.56 Å². The highest BCUT2D eigenvalue weighted by molar-refractivity contribution is 5.99. The molecular weight excluding hydrogens is 296 g/mol. The van der Waals surface area contributed by atoms with Crippen LogP contribution in [-0.4, -0.2) is 34.9 Å². The first-order valence-electron chi connectivity index (χ1n) is 8.41. The smallest absolute Gasteiger partial charge is 0.343 e. The molecule has 2 amide bonds. The summed E-state index contributed by atoms with van der Waals surface area (Å²) >= 11 is 0. The number of nitrogens with one attached hydrogen (secondary N) is 2. The van der Waals surface area contributed by atoms with E-state index in [0.29, 0.717) is 13.1 Å². The molecule has 0 aliphatic rings. The van der Waals surface area contributed by atoms with Gasteiger partial charge in [0.15, 0.2) is 5.82 Å². The topological polar surface area (TPSA) is 85.3 Å². The Morgan fingerprint density at radius 3 is 2.61 bits per heavy atom. The number of hydrogen-bond acceptors (Lipinski definition) is 4. The number of esters is 1. The summed E-state index contributed by atoms with van der Waals surface area (Å²) in [4.78, 5) is 23.9. The third-order valence-corrected chi connectivity index (χ3v) is 3.26. The third kappa shape index (κ3) is 6.71. The van der Waals surface area contributed by atoms with Crippen LogP contribution in [0, 0.1) is 0 Å². The Labute approximate surface area is 137 Å². The van der Waals surface area contributed by atoms with Crippen LogP contribution in [0.1, 0.15) is 63.2 Å². The normalized spacial score (nSPS) is 10.4. The van der Waals surface area contributed by atoms with Crippen LogP contribution in [0.5, 0.6) is 0 Å². The zero-order valence-corrected chi connectivity index (χ0v) is 14.4. The lowest BCUT2D eigenvalue weighted by molar-refractivity contribution is 0.0527. The molecule has 1 rings (SSSR count). The Bertz CT molecular complexity index is 500. The molecule has 0 bridgehead atoms. The number of hydrogen-bond donors (Lipinski definition) is 2. The van der Waals surface area contributed by atoms with Crippen molar-refractivity contribution in [3.05, 3.63) is 11.8 Å². The van der Waals surface area contributed by atoms with Gasteiger partial charge < -0.3 is 10.1 Å². The monoisotopic (exact) mass is 324 g/mol. The third-order valence-electron chi connectivity index (χ3n) is 3.26. The average molecular weight is 324 g/mol. The van der Waals surface area contributed by atoms with Crippen molar-refractivity contribution in [1.82, 2.24) is 15.1 Å². The Morgan fingerprint density at radius 2 is 1.96 bits per heavy atom. The summed E-state index contributed by atoms with van der Waals surface area (Å²) in [5.74, 6) is -0.240. The summed E-state index contributed by atoms with van der Waals surface area (Å²) in [5.41, 5.74) is 0.279. The van der Waals surface area contributed by atoms with Crippen molar-refractivity contribution in [2.45, 2.75) is 59.4 Å². The fourth-order valence-corrected chi connectivity index (χ4v) is 2.12. The Morgan fingerprint density at radius 1 is 1.17 bits per heavy atom. The Hall–Kier alpha value is -2.05. The van der Waals surface area contributed by atoms with E-state index in [-0.39, 0.29) is 24.0 Å². The zero-order chi connectivity index (χ0) is 17.1. The van der Waals surface area contributed by atoms with Crippen molar-refractivity contribution >= 4 is 17.8 Å². The molecule has 0 saturated heterocycles. The zero-order valence-electron chi connectivity index (χ0n) is 14.4. The number of aromatic nitrogens is 2. The number of carbonyl (C=O) groups excluding carboxylic acids is 2. The van der Waals surface area contributed by atoms with Gasteiger partial charge in [-0.1, -0.05) is 33.1 Å². The molecule has 0 aliphatic heterocycles. The van der Waals surface area contributed by atoms with E-state index in [1.807, 2.05) is 6.92 Å². The van der Waals surface area contributed by atoms with Gasteiger partial charge in [-0.3, -0.25) is 10.00 Å². The standard InChI is InChI=1S/C16H28N4O3/c1-4-7-8-9-10-17-16(22)18-14-13(15(21)23-6-3)12-20(19-14)11-5-2/h12H,4-11H2,1-3H3,(H2,17,18,19,22). The molecule has 0 saturated carbocycles. The van der Waals surface area contributed by atoms with Crippen LogP contribution in [0.25, 0.3) is 0 Å². The van der Waals surface area contributed by atoms with Gasteiger partial charge >= 0.3 is 12.0 Å². The van der Waals surface area contributed by atoms with Crippen molar-refractivity contribution in [2.24, 2.45) is 0 Å². The molecule has 7 nitrogen and oxygen atoms in total. The second kappa shape index (κ2) is 10.6. The van der Waals surface area contributed by atoms with E-state index < -0.39 is 5.97 Å². The fraction of sp³-hybridized carbons (Fsp3) is 0.688. The molecule has 130 valence electrons. The maximum absolute atomic E-state index is 11.9. The number of amides is 2. The number of ether oxygens (including phenoxy) is 1. The highest BCUT2D eigenvalue weighted by Gasteiger charge is 2.19. The highest BCUT2D eigenvalue weighted by Crippen LogP contribution is 2.15. The van der Waals surface area contributed by atoms with Crippen molar-refractivity contribution in [1.29, 1.82) is 0 Å². The summed E-state index contributed by atoms with van der Waals surface area (Å²) in [5, 5.41) is 9.66. The van der Waals surface area contributed by atoms with Gasteiger partial charge in [0.2, 0.25) is 0 Å². The van der Waals surface area contributed by atoms with Crippen molar-refractivity contribution < 1.29 is 14.3 Å². The second-order valence-electron chi connectivity index (χ2n) is 5.32. The predicted molar refractivity (Wildman–Crippen MR) is 89.6 cm³/mol. The van der Waals surface area contributed by atoms with E-state index >= 15 is 0 Å². The minimum absolute atomic E-state index is 0.239. The van der Waals surface area contributed by atoms with E-state index in [1.165, 1.54) is 0 Å². The summed E-state index contributed by atoms with van der Waals surface area (Å²) in [6.45, 7) is 7.46. The van der Waals surface area contributed by atoms with E-state index in [9.17, 15) is 9.59 Å². The molecule has 0 atom stereocenters. The first kappa shape index (κ1) is 19.0. The first-order chi connectivity index (χ1) is 11.1. The van der Waals surface area contributed by atoms with Gasteiger partial charge in [-0.25, -0.2) is 9.59 Å². The minimum atomic E-state index is -0.479. The van der Waals surface area contributed by atoms with E-state index in [0.717, 1.165) is 32.1 Å². The van der Waals surface area contributed by atoms with Crippen LogP contribution < -0.4 is 10.6 Å². The Kier molecular flexibility index (Phi) is 8.79. The van der Waals surface area contributed by atoms with Crippen molar-refractivity contribution in [3.8, 4) is 0 Å². The average Bonchev–Trinajstić information content (AvgIpc) is 2.90. The lowest BCUT2D eigenvalue weighted by Crippen LogP contribution is -2.30.